The highest BCUT2D eigenvalue weighted by atomic mass is 19.1. The van der Waals surface area contributed by atoms with E-state index in [4.69, 9.17) is 10.5 Å². The van der Waals surface area contributed by atoms with Crippen LogP contribution in [-0.2, 0) is 11.3 Å². The molecular weight excluding hydrogens is 302 g/mol. The van der Waals surface area contributed by atoms with E-state index in [1.54, 1.807) is 0 Å². The minimum Gasteiger partial charge on any atom is -0.445 e. The molecule has 0 aliphatic heterocycles. The van der Waals surface area contributed by atoms with Gasteiger partial charge in [-0.2, -0.15) is 0 Å². The summed E-state index contributed by atoms with van der Waals surface area (Å²) < 4.78 is 31.4. The molecule has 23 heavy (non-hydrogen) atoms. The Morgan fingerprint density at radius 3 is 2.65 bits per heavy atom. The summed E-state index contributed by atoms with van der Waals surface area (Å²) in [4.78, 5) is 11.4. The fourth-order valence-corrected chi connectivity index (χ4v) is 1.69. The van der Waals surface area contributed by atoms with Gasteiger partial charge in [-0.15, -0.1) is 0 Å². The number of carbonyl (C=O) groups is 1. The molecule has 6 heteroatoms. The molecule has 2 aromatic carbocycles. The van der Waals surface area contributed by atoms with Gasteiger partial charge in [0, 0.05) is 6.07 Å². The van der Waals surface area contributed by atoms with Gasteiger partial charge in [0.1, 0.15) is 18.2 Å². The molecule has 0 aromatic heterocycles. The molecule has 0 aliphatic rings. The first-order valence-corrected chi connectivity index (χ1v) is 6.74. The summed E-state index contributed by atoms with van der Waals surface area (Å²) in [6.45, 7) is 0.105. The number of amides is 1. The summed E-state index contributed by atoms with van der Waals surface area (Å²) >= 11 is 0. The lowest BCUT2D eigenvalue weighted by atomic mass is 10.2. The number of hydrogen-bond donors (Lipinski definition) is 2. The van der Waals surface area contributed by atoms with Gasteiger partial charge in [-0.1, -0.05) is 42.2 Å². The van der Waals surface area contributed by atoms with E-state index in [0.717, 1.165) is 11.6 Å². The van der Waals surface area contributed by atoms with E-state index in [1.807, 2.05) is 30.3 Å². The van der Waals surface area contributed by atoms with Gasteiger partial charge < -0.3 is 15.8 Å². The average molecular weight is 316 g/mol. The minimum atomic E-state index is -0.837. The van der Waals surface area contributed by atoms with Crippen molar-refractivity contribution in [2.24, 2.45) is 0 Å². The predicted octanol–water partition coefficient (Wildman–Crippen LogP) is 2.82. The Hall–Kier alpha value is -3.07. The smallest absolute Gasteiger partial charge is 0.408 e. The van der Waals surface area contributed by atoms with Crippen LogP contribution < -0.4 is 11.1 Å². The third-order valence-electron chi connectivity index (χ3n) is 2.84. The number of alkyl carbamates (subject to hydrolysis) is 1. The van der Waals surface area contributed by atoms with Gasteiger partial charge in [0.25, 0.3) is 0 Å². The number of nitrogens with one attached hydrogen (secondary N) is 1. The molecular formula is C17H14F2N2O2. The maximum Gasteiger partial charge on any atom is 0.408 e. The predicted molar refractivity (Wildman–Crippen MR) is 82.3 cm³/mol. The van der Waals surface area contributed by atoms with Crippen LogP contribution in [0.15, 0.2) is 42.5 Å². The fourth-order valence-electron chi connectivity index (χ4n) is 1.69. The van der Waals surface area contributed by atoms with Crippen molar-refractivity contribution in [1.82, 2.24) is 5.32 Å². The van der Waals surface area contributed by atoms with Crippen LogP contribution in [0.5, 0.6) is 0 Å². The highest BCUT2D eigenvalue weighted by molar-refractivity contribution is 5.67. The molecule has 0 unspecified atom stereocenters. The van der Waals surface area contributed by atoms with Crippen molar-refractivity contribution in [3.63, 3.8) is 0 Å². The SMILES string of the molecule is Nc1cc(C#CCNC(=O)OCc2ccccc2)c(F)cc1F. The number of carbonyl (C=O) groups excluding carboxylic acids is 1. The van der Waals surface area contributed by atoms with Gasteiger partial charge in [-0.3, -0.25) is 0 Å². The number of nitrogens with two attached hydrogens (primary N) is 1. The van der Waals surface area contributed by atoms with E-state index in [9.17, 15) is 13.6 Å². The van der Waals surface area contributed by atoms with Gasteiger partial charge in [-0.25, -0.2) is 13.6 Å². The van der Waals surface area contributed by atoms with Crippen LogP contribution in [-0.4, -0.2) is 12.6 Å². The van der Waals surface area contributed by atoms with Crippen LogP contribution >= 0.6 is 0 Å². The number of halogens is 2. The van der Waals surface area contributed by atoms with Crippen LogP contribution in [0.2, 0.25) is 0 Å². The van der Waals surface area contributed by atoms with Crippen molar-refractivity contribution in [2.45, 2.75) is 6.61 Å². The molecule has 2 aromatic rings. The molecule has 0 aliphatic carbocycles. The second-order valence-corrected chi connectivity index (χ2v) is 4.57. The van der Waals surface area contributed by atoms with E-state index >= 15 is 0 Å². The lowest BCUT2D eigenvalue weighted by Crippen LogP contribution is -2.24. The van der Waals surface area contributed by atoms with E-state index in [0.29, 0.717) is 6.07 Å². The van der Waals surface area contributed by atoms with Gasteiger partial charge in [0.15, 0.2) is 0 Å². The van der Waals surface area contributed by atoms with Crippen molar-refractivity contribution >= 4 is 11.8 Å². The van der Waals surface area contributed by atoms with Crippen molar-refractivity contribution in [1.29, 1.82) is 0 Å². The van der Waals surface area contributed by atoms with Crippen LogP contribution in [0, 0.1) is 23.5 Å². The van der Waals surface area contributed by atoms with Gasteiger partial charge >= 0.3 is 6.09 Å². The Bertz CT molecular complexity index is 752. The van der Waals surface area contributed by atoms with Crippen LogP contribution in [0.3, 0.4) is 0 Å². The molecule has 3 N–H and O–H groups in total. The quantitative estimate of drug-likeness (QED) is 0.676. The molecule has 0 fully saturated rings. The summed E-state index contributed by atoms with van der Waals surface area (Å²) in [7, 11) is 0. The number of anilines is 1. The van der Waals surface area contributed by atoms with Gasteiger partial charge in [0.05, 0.1) is 17.8 Å². The van der Waals surface area contributed by atoms with Gasteiger partial charge in [0.2, 0.25) is 0 Å². The first kappa shape index (κ1) is 16.3. The summed E-state index contributed by atoms with van der Waals surface area (Å²) in [5, 5.41) is 2.41. The zero-order chi connectivity index (χ0) is 16.7. The molecule has 118 valence electrons. The number of nitrogen functional groups attached to an aromatic ring is 1. The molecule has 0 atom stereocenters. The zero-order valence-corrected chi connectivity index (χ0v) is 12.1. The van der Waals surface area contributed by atoms with Crippen LogP contribution in [0.1, 0.15) is 11.1 Å². The average Bonchev–Trinajstić information content (AvgIpc) is 2.55. The number of rotatable bonds is 3. The van der Waals surface area contributed by atoms with Crippen molar-refractivity contribution in [3.05, 3.63) is 65.2 Å². The van der Waals surface area contributed by atoms with Crippen LogP contribution in [0.25, 0.3) is 0 Å². The third kappa shape index (κ3) is 5.00. The first-order chi connectivity index (χ1) is 11.1. The highest BCUT2D eigenvalue weighted by Gasteiger charge is 2.05. The molecule has 0 spiro atoms. The normalized spacial score (nSPS) is 9.65. The molecule has 0 radical (unpaired) electrons. The molecule has 0 bridgehead atoms. The second-order valence-electron chi connectivity index (χ2n) is 4.57. The maximum atomic E-state index is 13.4. The Morgan fingerprint density at radius 1 is 1.17 bits per heavy atom. The fraction of sp³-hybridized carbons (Fsp3) is 0.118. The first-order valence-electron chi connectivity index (χ1n) is 6.74. The topological polar surface area (TPSA) is 64.3 Å². The lowest BCUT2D eigenvalue weighted by Gasteiger charge is -2.04. The van der Waals surface area contributed by atoms with E-state index in [-0.39, 0.29) is 24.4 Å². The molecule has 4 nitrogen and oxygen atoms in total. The summed E-state index contributed by atoms with van der Waals surface area (Å²) in [5.74, 6) is 3.36. The Labute approximate surface area is 132 Å². The number of benzene rings is 2. The van der Waals surface area contributed by atoms with Crippen molar-refractivity contribution in [2.75, 3.05) is 12.3 Å². The monoisotopic (exact) mass is 316 g/mol. The van der Waals surface area contributed by atoms with Crippen molar-refractivity contribution < 1.29 is 18.3 Å². The van der Waals surface area contributed by atoms with E-state index in [2.05, 4.69) is 17.2 Å². The largest absolute Gasteiger partial charge is 0.445 e. The molecule has 1 amide bonds. The second kappa shape index (κ2) is 7.80. The van der Waals surface area contributed by atoms with Gasteiger partial charge in [-0.05, 0) is 11.6 Å². The number of ether oxygens (including phenoxy) is 1. The van der Waals surface area contributed by atoms with E-state index in [1.165, 1.54) is 0 Å². The summed E-state index contributed by atoms with van der Waals surface area (Å²) in [5.41, 5.74) is 5.97. The summed E-state index contributed by atoms with van der Waals surface area (Å²) in [6.07, 6.45) is -0.637. The minimum absolute atomic E-state index is 0.0374. The molecule has 0 saturated heterocycles. The standard InChI is InChI=1S/C17H14F2N2O2/c18-14-10-15(19)16(20)9-13(14)7-4-8-21-17(22)23-11-12-5-2-1-3-6-12/h1-3,5-6,9-10H,8,11,20H2,(H,21,22). The Morgan fingerprint density at radius 2 is 1.91 bits per heavy atom. The number of hydrogen-bond acceptors (Lipinski definition) is 3. The van der Waals surface area contributed by atoms with Crippen molar-refractivity contribution in [3.8, 4) is 11.8 Å². The zero-order valence-electron chi connectivity index (χ0n) is 12.1. The molecule has 0 saturated carbocycles. The highest BCUT2D eigenvalue weighted by Crippen LogP contribution is 2.15. The lowest BCUT2D eigenvalue weighted by molar-refractivity contribution is 0.141. The third-order valence-corrected chi connectivity index (χ3v) is 2.84. The van der Waals surface area contributed by atoms with Crippen LogP contribution in [0.4, 0.5) is 19.3 Å². The maximum absolute atomic E-state index is 13.4. The molecule has 0 heterocycles. The van der Waals surface area contributed by atoms with E-state index < -0.39 is 17.7 Å². The Balaban J connectivity index is 1.81. The summed E-state index contributed by atoms with van der Waals surface area (Å²) in [6, 6.07) is 11.0. The Kier molecular flexibility index (Phi) is 5.53. The molecule has 2 rings (SSSR count).